The average molecular weight is 289 g/mol. The number of aliphatic carboxylic acids is 1. The van der Waals surface area contributed by atoms with Crippen molar-refractivity contribution in [3.05, 3.63) is 35.9 Å². The number of carbonyl (C=O) groups is 2. The van der Waals surface area contributed by atoms with E-state index in [2.05, 4.69) is 0 Å². The molecule has 1 aromatic carbocycles. The fourth-order valence-electron chi connectivity index (χ4n) is 3.53. The van der Waals surface area contributed by atoms with Crippen LogP contribution in [-0.4, -0.2) is 34.0 Å². The van der Waals surface area contributed by atoms with Crippen molar-refractivity contribution in [2.45, 2.75) is 45.7 Å². The predicted octanol–water partition coefficient (Wildman–Crippen LogP) is 2.58. The first-order valence-electron chi connectivity index (χ1n) is 7.49. The van der Waals surface area contributed by atoms with Crippen LogP contribution in [0.2, 0.25) is 0 Å². The monoisotopic (exact) mass is 289 g/mol. The second-order valence-corrected chi connectivity index (χ2v) is 6.13. The van der Waals surface area contributed by atoms with Crippen molar-refractivity contribution in [1.29, 1.82) is 0 Å². The van der Waals surface area contributed by atoms with Crippen molar-refractivity contribution in [3.8, 4) is 0 Å². The van der Waals surface area contributed by atoms with Gasteiger partial charge in [0, 0.05) is 18.5 Å². The first kappa shape index (κ1) is 15.5. The van der Waals surface area contributed by atoms with Gasteiger partial charge in [-0.3, -0.25) is 9.59 Å². The van der Waals surface area contributed by atoms with Crippen LogP contribution in [0, 0.1) is 11.8 Å². The number of piperidine rings is 1. The van der Waals surface area contributed by atoms with E-state index in [1.807, 2.05) is 51.1 Å². The van der Waals surface area contributed by atoms with E-state index in [4.69, 9.17) is 0 Å². The number of carboxylic acids is 1. The van der Waals surface area contributed by atoms with Crippen LogP contribution in [0.1, 0.15) is 32.8 Å². The molecule has 0 saturated carbocycles. The Balaban J connectivity index is 2.16. The Morgan fingerprint density at radius 1 is 1.33 bits per heavy atom. The molecular formula is C17H23NO3. The molecule has 4 atom stereocenters. The van der Waals surface area contributed by atoms with Crippen molar-refractivity contribution in [1.82, 2.24) is 4.90 Å². The van der Waals surface area contributed by atoms with Gasteiger partial charge in [-0.25, -0.2) is 0 Å². The Hall–Kier alpha value is -1.84. The van der Waals surface area contributed by atoms with Gasteiger partial charge in [-0.2, -0.15) is 0 Å². The highest BCUT2D eigenvalue weighted by atomic mass is 16.4. The molecule has 1 saturated heterocycles. The third-order valence-corrected chi connectivity index (χ3v) is 4.49. The maximum absolute atomic E-state index is 12.3. The molecule has 21 heavy (non-hydrogen) atoms. The summed E-state index contributed by atoms with van der Waals surface area (Å²) in [6.45, 7) is 5.70. The molecule has 2 rings (SSSR count). The van der Waals surface area contributed by atoms with Gasteiger partial charge in [0.25, 0.3) is 0 Å². The summed E-state index contributed by atoms with van der Waals surface area (Å²) in [5, 5.41) is 9.42. The Labute approximate surface area is 125 Å². The lowest BCUT2D eigenvalue weighted by Crippen LogP contribution is -2.56. The van der Waals surface area contributed by atoms with Crippen LogP contribution in [0.4, 0.5) is 0 Å². The van der Waals surface area contributed by atoms with Gasteiger partial charge in [0.2, 0.25) is 5.91 Å². The number of rotatable bonds is 4. The van der Waals surface area contributed by atoms with Gasteiger partial charge in [0.15, 0.2) is 0 Å². The molecular weight excluding hydrogens is 266 g/mol. The predicted molar refractivity (Wildman–Crippen MR) is 80.8 cm³/mol. The quantitative estimate of drug-likeness (QED) is 0.927. The summed E-state index contributed by atoms with van der Waals surface area (Å²) < 4.78 is 0. The molecule has 1 fully saturated rings. The highest BCUT2D eigenvalue weighted by Gasteiger charge is 2.43. The van der Waals surface area contributed by atoms with E-state index < -0.39 is 11.9 Å². The van der Waals surface area contributed by atoms with E-state index in [9.17, 15) is 14.7 Å². The third kappa shape index (κ3) is 3.26. The first-order chi connectivity index (χ1) is 9.91. The van der Waals surface area contributed by atoms with Gasteiger partial charge in [0.05, 0.1) is 5.92 Å². The minimum absolute atomic E-state index is 0.00394. The lowest BCUT2D eigenvalue weighted by molar-refractivity contribution is -0.156. The normalized spacial score (nSPS) is 27.5. The van der Waals surface area contributed by atoms with Crippen LogP contribution in [0.15, 0.2) is 30.3 Å². The van der Waals surface area contributed by atoms with E-state index in [0.29, 0.717) is 6.42 Å². The molecule has 1 amide bonds. The fourth-order valence-corrected chi connectivity index (χ4v) is 3.53. The Kier molecular flexibility index (Phi) is 4.66. The Bertz CT molecular complexity index is 514. The van der Waals surface area contributed by atoms with Crippen LogP contribution in [0.3, 0.4) is 0 Å². The van der Waals surface area contributed by atoms with Crippen LogP contribution in [0.25, 0.3) is 0 Å². The summed E-state index contributed by atoms with van der Waals surface area (Å²) in [7, 11) is 0. The Morgan fingerprint density at radius 3 is 2.52 bits per heavy atom. The second-order valence-electron chi connectivity index (χ2n) is 6.13. The molecule has 114 valence electrons. The fraction of sp³-hybridized carbons (Fsp3) is 0.529. The lowest BCUT2D eigenvalue weighted by atomic mass is 9.80. The summed E-state index contributed by atoms with van der Waals surface area (Å²) in [6.07, 6.45) is 1.07. The van der Waals surface area contributed by atoms with Crippen molar-refractivity contribution in [2.75, 3.05) is 0 Å². The third-order valence-electron chi connectivity index (χ3n) is 4.49. The van der Waals surface area contributed by atoms with E-state index in [-0.39, 0.29) is 23.9 Å². The largest absolute Gasteiger partial charge is 0.481 e. The van der Waals surface area contributed by atoms with Gasteiger partial charge in [0.1, 0.15) is 0 Å². The van der Waals surface area contributed by atoms with Crippen molar-refractivity contribution in [2.24, 2.45) is 11.8 Å². The highest BCUT2D eigenvalue weighted by molar-refractivity contribution is 5.82. The number of carboxylic acid groups (broad SMARTS) is 1. The molecule has 0 aliphatic carbocycles. The van der Waals surface area contributed by atoms with E-state index >= 15 is 0 Å². The highest BCUT2D eigenvalue weighted by Crippen LogP contribution is 2.32. The van der Waals surface area contributed by atoms with Crippen LogP contribution in [0.5, 0.6) is 0 Å². The maximum atomic E-state index is 12.3. The van der Waals surface area contributed by atoms with Crippen molar-refractivity contribution >= 4 is 11.9 Å². The number of carbonyl (C=O) groups excluding carboxylic acids is 1. The molecule has 4 nitrogen and oxygen atoms in total. The molecule has 0 radical (unpaired) electrons. The maximum Gasteiger partial charge on any atom is 0.308 e. The first-order valence-corrected chi connectivity index (χ1v) is 7.49. The standard InChI is InChI=1S/C17H23NO3/c1-11-9-15(19)18(13(3)16(11)17(20)21)12(2)10-14-7-5-4-6-8-14/h4-8,11-13,16H,9-10H2,1-3H3,(H,20,21). The molecule has 1 aliphatic rings. The SMILES string of the molecule is CC1CC(=O)N(C(C)Cc2ccccc2)C(C)C1C(=O)O. The van der Waals surface area contributed by atoms with Gasteiger partial charge >= 0.3 is 5.97 Å². The number of likely N-dealkylation sites (tertiary alicyclic amines) is 1. The van der Waals surface area contributed by atoms with Gasteiger partial charge in [-0.05, 0) is 31.7 Å². The second kappa shape index (κ2) is 6.29. The molecule has 1 N–H and O–H groups in total. The van der Waals surface area contributed by atoms with E-state index in [1.54, 1.807) is 4.90 Å². The van der Waals surface area contributed by atoms with Gasteiger partial charge in [-0.15, -0.1) is 0 Å². The van der Waals surface area contributed by atoms with Crippen LogP contribution < -0.4 is 0 Å². The number of nitrogens with zero attached hydrogens (tertiary/aromatic N) is 1. The number of hydrogen-bond acceptors (Lipinski definition) is 2. The minimum atomic E-state index is -0.806. The number of hydrogen-bond donors (Lipinski definition) is 1. The zero-order valence-corrected chi connectivity index (χ0v) is 12.8. The molecule has 4 unspecified atom stereocenters. The summed E-state index contributed by atoms with van der Waals surface area (Å²) in [6, 6.07) is 9.73. The van der Waals surface area contributed by atoms with Gasteiger partial charge in [-0.1, -0.05) is 37.3 Å². The minimum Gasteiger partial charge on any atom is -0.481 e. The molecule has 0 aromatic heterocycles. The molecule has 1 aromatic rings. The summed E-state index contributed by atoms with van der Waals surface area (Å²) in [4.78, 5) is 25.6. The summed E-state index contributed by atoms with van der Waals surface area (Å²) in [5.41, 5.74) is 1.16. The molecule has 4 heteroatoms. The zero-order chi connectivity index (χ0) is 15.6. The molecule has 1 heterocycles. The molecule has 1 aliphatic heterocycles. The smallest absolute Gasteiger partial charge is 0.308 e. The molecule has 0 spiro atoms. The lowest BCUT2D eigenvalue weighted by Gasteiger charge is -2.44. The van der Waals surface area contributed by atoms with Crippen molar-refractivity contribution < 1.29 is 14.7 Å². The van der Waals surface area contributed by atoms with Crippen LogP contribution >= 0.6 is 0 Å². The Morgan fingerprint density at radius 2 is 1.95 bits per heavy atom. The molecule has 0 bridgehead atoms. The van der Waals surface area contributed by atoms with Gasteiger partial charge < -0.3 is 10.0 Å². The topological polar surface area (TPSA) is 57.6 Å². The summed E-state index contributed by atoms with van der Waals surface area (Å²) in [5.74, 6) is -1.33. The zero-order valence-electron chi connectivity index (χ0n) is 12.8. The van der Waals surface area contributed by atoms with Crippen molar-refractivity contribution in [3.63, 3.8) is 0 Å². The number of benzene rings is 1. The summed E-state index contributed by atoms with van der Waals surface area (Å²) >= 11 is 0. The van der Waals surface area contributed by atoms with E-state index in [0.717, 1.165) is 12.0 Å². The van der Waals surface area contributed by atoms with E-state index in [1.165, 1.54) is 0 Å². The van der Waals surface area contributed by atoms with Crippen LogP contribution in [-0.2, 0) is 16.0 Å². The average Bonchev–Trinajstić information content (AvgIpc) is 2.38. The number of amides is 1.